The average Bonchev–Trinajstić information content (AvgIpc) is 2.71. The van der Waals surface area contributed by atoms with E-state index in [2.05, 4.69) is 6.92 Å². The van der Waals surface area contributed by atoms with Gasteiger partial charge in [0.15, 0.2) is 0 Å². The first kappa shape index (κ1) is 25.4. The highest BCUT2D eigenvalue weighted by molar-refractivity contribution is 5.89. The molecule has 1 atom stereocenters. The van der Waals surface area contributed by atoms with Crippen molar-refractivity contribution in [3.8, 4) is 0 Å². The molecule has 1 unspecified atom stereocenters. The molecule has 0 fully saturated rings. The number of aliphatic hydroxyl groups is 1. The van der Waals surface area contributed by atoms with Crippen LogP contribution in [0.4, 0.5) is 4.39 Å². The third-order valence-electron chi connectivity index (χ3n) is 5.58. The fourth-order valence-electron chi connectivity index (χ4n) is 3.78. The highest BCUT2D eigenvalue weighted by Gasteiger charge is 2.23. The predicted octanol–water partition coefficient (Wildman–Crippen LogP) is 7.35. The summed E-state index contributed by atoms with van der Waals surface area (Å²) < 4.78 is 13.1. The van der Waals surface area contributed by atoms with E-state index in [0.29, 0.717) is 18.4 Å². The van der Waals surface area contributed by atoms with Crippen LogP contribution < -0.4 is 0 Å². The van der Waals surface area contributed by atoms with E-state index < -0.39 is 17.9 Å². The van der Waals surface area contributed by atoms with E-state index in [1.165, 1.54) is 82.1 Å². The molecule has 0 aliphatic carbocycles. The van der Waals surface area contributed by atoms with E-state index in [9.17, 15) is 19.4 Å². The molecule has 0 aromatic heterocycles. The lowest BCUT2D eigenvalue weighted by Crippen LogP contribution is -2.14. The van der Waals surface area contributed by atoms with Crippen LogP contribution in [0.3, 0.4) is 0 Å². The topological polar surface area (TPSA) is 57.5 Å². The van der Waals surface area contributed by atoms with Crippen molar-refractivity contribution in [1.29, 1.82) is 0 Å². The van der Waals surface area contributed by atoms with Crippen LogP contribution in [-0.4, -0.2) is 16.2 Å². The molecule has 3 nitrogen and oxygen atoms in total. The van der Waals surface area contributed by atoms with Gasteiger partial charge in [-0.05, 0) is 37.0 Å². The monoisotopic (exact) mass is 406 g/mol. The third kappa shape index (κ3) is 10.1. The standard InChI is InChI=1S/C25H39FO3/c1-3-5-6-7-8-9-10-11-12-13-14-15-20(4-2)23(25(28)29)24(27)21-16-18-22(26)19-17-21/h16-19,24,27H,3-15H2,1-2H3,(H,28,29). The van der Waals surface area contributed by atoms with Gasteiger partial charge in [0, 0.05) is 0 Å². The summed E-state index contributed by atoms with van der Waals surface area (Å²) in [6.07, 6.45) is 13.8. The van der Waals surface area contributed by atoms with Gasteiger partial charge in [0.2, 0.25) is 0 Å². The first-order chi connectivity index (χ1) is 14.0. The van der Waals surface area contributed by atoms with Crippen LogP contribution in [0.15, 0.2) is 35.4 Å². The van der Waals surface area contributed by atoms with Gasteiger partial charge in [-0.25, -0.2) is 9.18 Å². The molecule has 0 radical (unpaired) electrons. The second-order valence-electron chi connectivity index (χ2n) is 7.92. The largest absolute Gasteiger partial charge is 0.478 e. The minimum atomic E-state index is -1.23. The predicted molar refractivity (Wildman–Crippen MR) is 117 cm³/mol. The van der Waals surface area contributed by atoms with Crippen molar-refractivity contribution in [3.05, 3.63) is 46.8 Å². The number of allylic oxidation sites excluding steroid dienone is 1. The van der Waals surface area contributed by atoms with Crippen LogP contribution in [0.5, 0.6) is 0 Å². The molecule has 0 spiro atoms. The van der Waals surface area contributed by atoms with Gasteiger partial charge in [0.05, 0.1) is 5.57 Å². The number of carboxylic acid groups (broad SMARTS) is 1. The van der Waals surface area contributed by atoms with E-state index >= 15 is 0 Å². The number of benzene rings is 1. The molecule has 0 bridgehead atoms. The summed E-state index contributed by atoms with van der Waals surface area (Å²) in [4.78, 5) is 11.8. The first-order valence-electron chi connectivity index (χ1n) is 11.4. The van der Waals surface area contributed by atoms with Crippen molar-refractivity contribution in [2.75, 3.05) is 0 Å². The fraction of sp³-hybridized carbons (Fsp3) is 0.640. The van der Waals surface area contributed by atoms with Crippen molar-refractivity contribution in [2.24, 2.45) is 0 Å². The van der Waals surface area contributed by atoms with E-state index in [-0.39, 0.29) is 5.57 Å². The Kier molecular flexibility index (Phi) is 13.3. The summed E-state index contributed by atoms with van der Waals surface area (Å²) in [6.45, 7) is 4.16. The van der Waals surface area contributed by atoms with Crippen LogP contribution in [-0.2, 0) is 4.79 Å². The maximum absolute atomic E-state index is 13.1. The number of unbranched alkanes of at least 4 members (excludes halogenated alkanes) is 10. The molecule has 1 aromatic rings. The lowest BCUT2D eigenvalue weighted by atomic mass is 9.92. The molecule has 4 heteroatoms. The van der Waals surface area contributed by atoms with Gasteiger partial charge in [0.1, 0.15) is 11.9 Å². The molecule has 0 heterocycles. The summed E-state index contributed by atoms with van der Waals surface area (Å²) >= 11 is 0. The van der Waals surface area contributed by atoms with Crippen LogP contribution in [0.1, 0.15) is 109 Å². The van der Waals surface area contributed by atoms with E-state index in [4.69, 9.17) is 0 Å². The number of hydrogen-bond acceptors (Lipinski definition) is 2. The fourth-order valence-corrected chi connectivity index (χ4v) is 3.78. The number of carboxylic acids is 1. The Balaban J connectivity index is 2.44. The molecule has 1 rings (SSSR count). The van der Waals surface area contributed by atoms with Crippen molar-refractivity contribution >= 4 is 5.97 Å². The minimum Gasteiger partial charge on any atom is -0.478 e. The van der Waals surface area contributed by atoms with Gasteiger partial charge in [-0.2, -0.15) is 0 Å². The molecule has 0 amide bonds. The SMILES string of the molecule is CCCCCCCCCCCCCC(CC)=C(C(=O)O)C(O)c1ccc(F)cc1. The zero-order chi connectivity index (χ0) is 21.5. The quantitative estimate of drug-likeness (QED) is 0.223. The molecule has 0 saturated heterocycles. The molecule has 1 aromatic carbocycles. The Morgan fingerprint density at radius 3 is 1.79 bits per heavy atom. The van der Waals surface area contributed by atoms with Crippen LogP contribution >= 0.6 is 0 Å². The Hall–Kier alpha value is -1.68. The lowest BCUT2D eigenvalue weighted by Gasteiger charge is -2.17. The van der Waals surface area contributed by atoms with Gasteiger partial charge < -0.3 is 10.2 Å². The summed E-state index contributed by atoms with van der Waals surface area (Å²) in [6, 6.07) is 5.37. The zero-order valence-corrected chi connectivity index (χ0v) is 18.3. The first-order valence-corrected chi connectivity index (χ1v) is 11.4. The Labute approximate surface area is 176 Å². The number of halogens is 1. The Morgan fingerprint density at radius 2 is 1.34 bits per heavy atom. The highest BCUT2D eigenvalue weighted by atomic mass is 19.1. The van der Waals surface area contributed by atoms with E-state index in [0.717, 1.165) is 18.4 Å². The van der Waals surface area contributed by atoms with Crippen LogP contribution in [0.25, 0.3) is 0 Å². The minimum absolute atomic E-state index is 0.0474. The summed E-state index contributed by atoms with van der Waals surface area (Å²) in [5.74, 6) is -1.50. The molecule has 0 aliphatic heterocycles. The average molecular weight is 407 g/mol. The van der Waals surface area contributed by atoms with Crippen molar-refractivity contribution in [1.82, 2.24) is 0 Å². The summed E-state index contributed by atoms with van der Waals surface area (Å²) in [7, 11) is 0. The summed E-state index contributed by atoms with van der Waals surface area (Å²) in [5.41, 5.74) is 1.24. The number of rotatable bonds is 16. The van der Waals surface area contributed by atoms with Crippen LogP contribution in [0.2, 0.25) is 0 Å². The molecule has 2 N–H and O–H groups in total. The molecule has 0 aliphatic rings. The Bertz CT molecular complexity index is 607. The van der Waals surface area contributed by atoms with Gasteiger partial charge in [-0.3, -0.25) is 0 Å². The van der Waals surface area contributed by atoms with Gasteiger partial charge in [0.25, 0.3) is 0 Å². The highest BCUT2D eigenvalue weighted by Crippen LogP contribution is 2.29. The molecule has 29 heavy (non-hydrogen) atoms. The zero-order valence-electron chi connectivity index (χ0n) is 18.3. The van der Waals surface area contributed by atoms with Crippen molar-refractivity contribution in [2.45, 2.75) is 103 Å². The Morgan fingerprint density at radius 1 is 0.862 bits per heavy atom. The second kappa shape index (κ2) is 15.2. The van der Waals surface area contributed by atoms with Gasteiger partial charge in [-0.15, -0.1) is 0 Å². The van der Waals surface area contributed by atoms with E-state index in [1.807, 2.05) is 6.92 Å². The van der Waals surface area contributed by atoms with Crippen molar-refractivity contribution in [3.63, 3.8) is 0 Å². The smallest absolute Gasteiger partial charge is 0.334 e. The number of aliphatic hydroxyl groups excluding tert-OH is 1. The third-order valence-corrected chi connectivity index (χ3v) is 5.58. The number of carbonyl (C=O) groups is 1. The lowest BCUT2D eigenvalue weighted by molar-refractivity contribution is -0.133. The maximum Gasteiger partial charge on any atom is 0.334 e. The van der Waals surface area contributed by atoms with Crippen LogP contribution in [0, 0.1) is 5.82 Å². The van der Waals surface area contributed by atoms with Gasteiger partial charge >= 0.3 is 5.97 Å². The number of hydrogen-bond donors (Lipinski definition) is 2. The summed E-state index contributed by atoms with van der Waals surface area (Å²) in [5, 5.41) is 20.2. The molecule has 0 saturated carbocycles. The van der Waals surface area contributed by atoms with E-state index in [1.54, 1.807) is 0 Å². The van der Waals surface area contributed by atoms with Crippen molar-refractivity contribution < 1.29 is 19.4 Å². The number of aliphatic carboxylic acids is 1. The molecular weight excluding hydrogens is 367 g/mol. The molecular formula is C25H39FO3. The second-order valence-corrected chi connectivity index (χ2v) is 7.92. The molecule has 164 valence electrons. The van der Waals surface area contributed by atoms with Gasteiger partial charge in [-0.1, -0.05) is 95.8 Å². The normalized spacial score (nSPS) is 13.2. The maximum atomic E-state index is 13.1.